The van der Waals surface area contributed by atoms with Crippen molar-refractivity contribution in [3.05, 3.63) is 34.4 Å². The summed E-state index contributed by atoms with van der Waals surface area (Å²) in [6, 6.07) is 1.92. The third kappa shape index (κ3) is 4.80. The van der Waals surface area contributed by atoms with Crippen molar-refractivity contribution in [1.29, 1.82) is 0 Å². The summed E-state index contributed by atoms with van der Waals surface area (Å²) in [5, 5.41) is 15.3. The van der Waals surface area contributed by atoms with Crippen LogP contribution >= 0.6 is 12.4 Å². The molecule has 2 aromatic heterocycles. The third-order valence-electron chi connectivity index (χ3n) is 4.99. The number of halogens is 1. The Labute approximate surface area is 171 Å². The molecule has 1 amide bonds. The van der Waals surface area contributed by atoms with Gasteiger partial charge in [-0.3, -0.25) is 19.0 Å². The first-order valence-electron chi connectivity index (χ1n) is 9.46. The number of nitrogens with one attached hydrogen (secondary N) is 2. The van der Waals surface area contributed by atoms with Gasteiger partial charge in [0.05, 0.1) is 35.2 Å². The van der Waals surface area contributed by atoms with Crippen molar-refractivity contribution in [2.24, 2.45) is 0 Å². The lowest BCUT2D eigenvalue weighted by Crippen LogP contribution is -2.26. The molecule has 1 aliphatic rings. The molecule has 0 saturated heterocycles. The number of carbonyl (C=O) groups is 2. The molecule has 28 heavy (non-hydrogen) atoms. The minimum absolute atomic E-state index is 0. The summed E-state index contributed by atoms with van der Waals surface area (Å²) in [6.07, 6.45) is 1.36. The molecular formula is C19H29ClN6O2. The number of fused-ring (bicyclic) bond motifs is 1. The van der Waals surface area contributed by atoms with Crippen LogP contribution in [0.4, 0.5) is 0 Å². The Balaban J connectivity index is 0.00000280. The predicted molar refractivity (Wildman–Crippen MR) is 109 cm³/mol. The van der Waals surface area contributed by atoms with Crippen LogP contribution in [0.3, 0.4) is 0 Å². The van der Waals surface area contributed by atoms with Gasteiger partial charge in [-0.1, -0.05) is 0 Å². The molecule has 0 radical (unpaired) electrons. The average molecular weight is 409 g/mol. The molecule has 1 atom stereocenters. The number of rotatable bonds is 6. The standard InChI is InChI=1S/C19H28N6O2.ClH/c1-12(25-14(3)19(15(4)26)13(2)22-25)8-18(27)21-10-16-9-17-11-20-6-5-7-24(17)23-16;/h9,12,20H,5-8,10-11H2,1-4H3,(H,21,27);1H. The normalized spacial score (nSPS) is 14.6. The van der Waals surface area contributed by atoms with Crippen molar-refractivity contribution >= 4 is 24.1 Å². The van der Waals surface area contributed by atoms with E-state index in [0.717, 1.165) is 43.1 Å². The Kier molecular flexibility index (Phi) is 7.37. The zero-order chi connectivity index (χ0) is 19.6. The van der Waals surface area contributed by atoms with Crippen LogP contribution in [0.5, 0.6) is 0 Å². The van der Waals surface area contributed by atoms with Crippen LogP contribution in [-0.2, 0) is 24.4 Å². The Morgan fingerprint density at radius 1 is 1.32 bits per heavy atom. The topological polar surface area (TPSA) is 93.8 Å². The molecule has 1 aliphatic heterocycles. The second-order valence-corrected chi connectivity index (χ2v) is 7.26. The van der Waals surface area contributed by atoms with Crippen molar-refractivity contribution in [1.82, 2.24) is 30.2 Å². The summed E-state index contributed by atoms with van der Waals surface area (Å²) in [7, 11) is 0. The molecule has 0 bridgehead atoms. The van der Waals surface area contributed by atoms with Crippen molar-refractivity contribution in [2.75, 3.05) is 6.54 Å². The van der Waals surface area contributed by atoms with E-state index in [9.17, 15) is 9.59 Å². The number of hydrogen-bond acceptors (Lipinski definition) is 5. The molecular weight excluding hydrogens is 380 g/mol. The Morgan fingerprint density at radius 3 is 2.75 bits per heavy atom. The second-order valence-electron chi connectivity index (χ2n) is 7.26. The van der Waals surface area contributed by atoms with Gasteiger partial charge in [0, 0.05) is 25.2 Å². The largest absolute Gasteiger partial charge is 0.350 e. The maximum Gasteiger partial charge on any atom is 0.222 e. The van der Waals surface area contributed by atoms with E-state index in [0.29, 0.717) is 24.2 Å². The van der Waals surface area contributed by atoms with E-state index in [1.165, 1.54) is 0 Å². The first kappa shape index (κ1) is 22.1. The zero-order valence-electron chi connectivity index (χ0n) is 16.9. The lowest BCUT2D eigenvalue weighted by molar-refractivity contribution is -0.122. The molecule has 8 nitrogen and oxygen atoms in total. The van der Waals surface area contributed by atoms with Gasteiger partial charge < -0.3 is 10.6 Å². The van der Waals surface area contributed by atoms with Gasteiger partial charge in [-0.15, -0.1) is 12.4 Å². The fraction of sp³-hybridized carbons (Fsp3) is 0.579. The van der Waals surface area contributed by atoms with Gasteiger partial charge in [0.1, 0.15) is 0 Å². The molecule has 0 spiro atoms. The summed E-state index contributed by atoms with van der Waals surface area (Å²) < 4.78 is 3.79. The van der Waals surface area contributed by atoms with Gasteiger partial charge in [-0.05, 0) is 46.7 Å². The third-order valence-corrected chi connectivity index (χ3v) is 4.99. The number of carbonyl (C=O) groups excluding carboxylic acids is 2. The first-order valence-corrected chi connectivity index (χ1v) is 9.46. The van der Waals surface area contributed by atoms with Crippen molar-refractivity contribution in [2.45, 2.75) is 66.2 Å². The average Bonchev–Trinajstić information content (AvgIpc) is 3.05. The number of aryl methyl sites for hydroxylation is 2. The van der Waals surface area contributed by atoms with Gasteiger partial charge in [0.2, 0.25) is 5.91 Å². The van der Waals surface area contributed by atoms with E-state index >= 15 is 0 Å². The minimum atomic E-state index is -0.125. The van der Waals surface area contributed by atoms with Crippen LogP contribution in [0.1, 0.15) is 65.9 Å². The highest BCUT2D eigenvalue weighted by Crippen LogP contribution is 2.20. The molecule has 3 rings (SSSR count). The second kappa shape index (κ2) is 9.34. The quantitative estimate of drug-likeness (QED) is 0.714. The predicted octanol–water partition coefficient (Wildman–Crippen LogP) is 2.08. The van der Waals surface area contributed by atoms with Crippen molar-refractivity contribution < 1.29 is 9.59 Å². The number of ketones is 1. The molecule has 0 aliphatic carbocycles. The van der Waals surface area contributed by atoms with E-state index < -0.39 is 0 Å². The molecule has 2 aromatic rings. The molecule has 1 unspecified atom stereocenters. The summed E-state index contributed by atoms with van der Waals surface area (Å²) in [5.41, 5.74) is 4.20. The van der Waals surface area contributed by atoms with Crippen LogP contribution in [0, 0.1) is 13.8 Å². The van der Waals surface area contributed by atoms with Gasteiger partial charge in [0.15, 0.2) is 5.78 Å². The molecule has 0 aromatic carbocycles. The summed E-state index contributed by atoms with van der Waals surface area (Å²) >= 11 is 0. The highest BCUT2D eigenvalue weighted by atomic mass is 35.5. The fourth-order valence-corrected chi connectivity index (χ4v) is 3.73. The monoisotopic (exact) mass is 408 g/mol. The maximum absolute atomic E-state index is 12.4. The molecule has 2 N–H and O–H groups in total. The number of hydrogen-bond donors (Lipinski definition) is 2. The summed E-state index contributed by atoms with van der Waals surface area (Å²) in [6.45, 7) is 10.3. The van der Waals surface area contributed by atoms with Gasteiger partial charge in [0.25, 0.3) is 0 Å². The summed E-state index contributed by atoms with van der Waals surface area (Å²) in [4.78, 5) is 24.1. The Morgan fingerprint density at radius 2 is 2.07 bits per heavy atom. The lowest BCUT2D eigenvalue weighted by atomic mass is 10.1. The lowest BCUT2D eigenvalue weighted by Gasteiger charge is -2.14. The molecule has 3 heterocycles. The first-order chi connectivity index (χ1) is 12.9. The Bertz CT molecular complexity index is 833. The minimum Gasteiger partial charge on any atom is -0.350 e. The van der Waals surface area contributed by atoms with E-state index in [1.807, 2.05) is 31.5 Å². The maximum atomic E-state index is 12.4. The van der Waals surface area contributed by atoms with Crippen molar-refractivity contribution in [3.8, 4) is 0 Å². The molecule has 0 fully saturated rings. The van der Waals surface area contributed by atoms with Crippen LogP contribution in [0.15, 0.2) is 6.07 Å². The molecule has 154 valence electrons. The van der Waals surface area contributed by atoms with E-state index in [2.05, 4.69) is 20.8 Å². The highest BCUT2D eigenvalue weighted by molar-refractivity contribution is 5.96. The zero-order valence-corrected chi connectivity index (χ0v) is 17.7. The Hall–Kier alpha value is -2.19. The number of nitrogens with zero attached hydrogens (tertiary/aromatic N) is 4. The van der Waals surface area contributed by atoms with Crippen LogP contribution < -0.4 is 10.6 Å². The van der Waals surface area contributed by atoms with Gasteiger partial charge >= 0.3 is 0 Å². The van der Waals surface area contributed by atoms with E-state index in [-0.39, 0.29) is 30.1 Å². The fourth-order valence-electron chi connectivity index (χ4n) is 3.73. The smallest absolute Gasteiger partial charge is 0.222 e. The molecule has 0 saturated carbocycles. The van der Waals surface area contributed by atoms with Crippen LogP contribution in [-0.4, -0.2) is 37.8 Å². The van der Waals surface area contributed by atoms with Crippen LogP contribution in [0.2, 0.25) is 0 Å². The SMILES string of the molecule is CC(=O)c1c(C)nn(C(C)CC(=O)NCc2cc3n(n2)CCCNC3)c1C.Cl. The van der Waals surface area contributed by atoms with Gasteiger partial charge in [-0.25, -0.2) is 0 Å². The van der Waals surface area contributed by atoms with Gasteiger partial charge in [-0.2, -0.15) is 10.2 Å². The van der Waals surface area contributed by atoms with Crippen LogP contribution in [0.25, 0.3) is 0 Å². The summed E-state index contributed by atoms with van der Waals surface area (Å²) in [5.74, 6) is -0.0531. The number of aromatic nitrogens is 4. The highest BCUT2D eigenvalue weighted by Gasteiger charge is 2.20. The van der Waals surface area contributed by atoms with Crippen molar-refractivity contribution in [3.63, 3.8) is 0 Å². The number of amides is 1. The van der Waals surface area contributed by atoms with E-state index in [1.54, 1.807) is 11.6 Å². The van der Waals surface area contributed by atoms with E-state index in [4.69, 9.17) is 0 Å². The number of Topliss-reactive ketones (excluding diaryl/α,β-unsaturated/α-hetero) is 1. The molecule has 9 heteroatoms.